The molecule has 1 atom stereocenters. The van der Waals surface area contributed by atoms with Crippen molar-refractivity contribution in [2.45, 2.75) is 19.3 Å². The molecular weight excluding hydrogens is 258 g/mol. The molecule has 1 saturated heterocycles. The zero-order valence-corrected chi connectivity index (χ0v) is 11.5. The molecule has 20 heavy (non-hydrogen) atoms. The van der Waals surface area contributed by atoms with Crippen molar-refractivity contribution >= 4 is 11.9 Å². The molecule has 0 bridgehead atoms. The summed E-state index contributed by atoms with van der Waals surface area (Å²) in [5.74, 6) is -0.431. The van der Waals surface area contributed by atoms with Crippen molar-refractivity contribution in [3.05, 3.63) is 29.8 Å². The van der Waals surface area contributed by atoms with E-state index >= 15 is 0 Å². The number of methoxy groups -OCH3 is 1. The molecule has 0 aromatic heterocycles. The second-order valence-corrected chi connectivity index (χ2v) is 4.98. The molecule has 1 unspecified atom stereocenters. The Morgan fingerprint density at radius 2 is 2.15 bits per heavy atom. The average molecular weight is 277 g/mol. The molecule has 0 saturated carbocycles. The number of carboxylic acid groups (broad SMARTS) is 1. The Labute approximate surface area is 118 Å². The van der Waals surface area contributed by atoms with Gasteiger partial charge in [0.2, 0.25) is 5.91 Å². The van der Waals surface area contributed by atoms with Gasteiger partial charge in [-0.2, -0.15) is 0 Å². The molecule has 5 heteroatoms. The zero-order chi connectivity index (χ0) is 14.5. The average Bonchev–Trinajstić information content (AvgIpc) is 2.95. The largest absolute Gasteiger partial charge is 0.496 e. The number of carbonyl (C=O) groups is 2. The molecule has 1 aliphatic heterocycles. The SMILES string of the molecule is COc1ccccc1CCC(=O)N1CCC(C(=O)O)C1. The third kappa shape index (κ3) is 3.29. The first-order chi connectivity index (χ1) is 9.61. The number of hydrogen-bond donors (Lipinski definition) is 1. The minimum Gasteiger partial charge on any atom is -0.496 e. The van der Waals surface area contributed by atoms with Gasteiger partial charge in [0.25, 0.3) is 0 Å². The summed E-state index contributed by atoms with van der Waals surface area (Å²) in [7, 11) is 1.61. The second-order valence-electron chi connectivity index (χ2n) is 4.98. The first-order valence-corrected chi connectivity index (χ1v) is 6.74. The number of rotatable bonds is 5. The van der Waals surface area contributed by atoms with Crippen LogP contribution >= 0.6 is 0 Å². The summed E-state index contributed by atoms with van der Waals surface area (Å²) in [6.45, 7) is 0.877. The molecule has 0 radical (unpaired) electrons. The van der Waals surface area contributed by atoms with Crippen molar-refractivity contribution in [1.82, 2.24) is 4.90 Å². The number of ether oxygens (including phenoxy) is 1. The van der Waals surface area contributed by atoms with Gasteiger partial charge in [0.15, 0.2) is 0 Å². The molecule has 5 nitrogen and oxygen atoms in total. The number of benzene rings is 1. The number of carboxylic acids is 1. The maximum Gasteiger partial charge on any atom is 0.308 e. The minimum atomic E-state index is -0.815. The van der Waals surface area contributed by atoms with Gasteiger partial charge in [-0.3, -0.25) is 9.59 Å². The van der Waals surface area contributed by atoms with Crippen LogP contribution in [0.5, 0.6) is 5.75 Å². The van der Waals surface area contributed by atoms with Crippen LogP contribution in [0.2, 0.25) is 0 Å². The third-order valence-corrected chi connectivity index (χ3v) is 3.69. The van der Waals surface area contributed by atoms with Gasteiger partial charge in [0.1, 0.15) is 5.75 Å². The fourth-order valence-electron chi connectivity index (χ4n) is 2.50. The fourth-order valence-corrected chi connectivity index (χ4v) is 2.50. The highest BCUT2D eigenvalue weighted by molar-refractivity contribution is 5.79. The molecule has 1 heterocycles. The van der Waals surface area contributed by atoms with Gasteiger partial charge >= 0.3 is 5.97 Å². The number of aryl methyl sites for hydroxylation is 1. The van der Waals surface area contributed by atoms with Crippen LogP contribution in [0, 0.1) is 5.92 Å². The predicted molar refractivity (Wildman–Crippen MR) is 73.6 cm³/mol. The zero-order valence-electron chi connectivity index (χ0n) is 11.5. The van der Waals surface area contributed by atoms with E-state index in [2.05, 4.69) is 0 Å². The Kier molecular flexibility index (Phi) is 4.61. The highest BCUT2D eigenvalue weighted by Gasteiger charge is 2.30. The summed E-state index contributed by atoms with van der Waals surface area (Å²) < 4.78 is 5.25. The van der Waals surface area contributed by atoms with Gasteiger partial charge in [-0.05, 0) is 24.5 Å². The minimum absolute atomic E-state index is 0.0136. The van der Waals surface area contributed by atoms with E-state index in [-0.39, 0.29) is 5.91 Å². The van der Waals surface area contributed by atoms with Gasteiger partial charge in [-0.15, -0.1) is 0 Å². The molecule has 0 aliphatic carbocycles. The Hall–Kier alpha value is -2.04. The molecule has 1 aliphatic rings. The van der Waals surface area contributed by atoms with Crippen molar-refractivity contribution in [2.24, 2.45) is 5.92 Å². The Morgan fingerprint density at radius 3 is 2.80 bits per heavy atom. The third-order valence-electron chi connectivity index (χ3n) is 3.69. The van der Waals surface area contributed by atoms with Crippen LogP contribution in [0.4, 0.5) is 0 Å². The van der Waals surface area contributed by atoms with Crippen LogP contribution in [0.1, 0.15) is 18.4 Å². The molecule has 0 spiro atoms. The highest BCUT2D eigenvalue weighted by Crippen LogP contribution is 2.21. The van der Waals surface area contributed by atoms with Crippen LogP contribution in [0.25, 0.3) is 0 Å². The monoisotopic (exact) mass is 277 g/mol. The summed E-state index contributed by atoms with van der Waals surface area (Å²) in [4.78, 5) is 24.6. The summed E-state index contributed by atoms with van der Waals surface area (Å²) in [6, 6.07) is 7.62. The fraction of sp³-hybridized carbons (Fsp3) is 0.467. The number of hydrogen-bond acceptors (Lipinski definition) is 3. The summed E-state index contributed by atoms with van der Waals surface area (Å²) in [5.41, 5.74) is 0.998. The molecule has 1 fully saturated rings. The van der Waals surface area contributed by atoms with Crippen LogP contribution in [0.15, 0.2) is 24.3 Å². The lowest BCUT2D eigenvalue weighted by Gasteiger charge is -2.16. The predicted octanol–water partition coefficient (Wildman–Crippen LogP) is 1.56. The Morgan fingerprint density at radius 1 is 1.40 bits per heavy atom. The molecule has 2 rings (SSSR count). The maximum atomic E-state index is 12.1. The summed E-state index contributed by atoms with van der Waals surface area (Å²) >= 11 is 0. The van der Waals surface area contributed by atoms with E-state index in [1.807, 2.05) is 24.3 Å². The van der Waals surface area contributed by atoms with E-state index in [0.29, 0.717) is 32.4 Å². The first kappa shape index (κ1) is 14.4. The second kappa shape index (κ2) is 6.41. The van der Waals surface area contributed by atoms with Gasteiger partial charge in [0.05, 0.1) is 13.0 Å². The van der Waals surface area contributed by atoms with Gasteiger partial charge in [-0.1, -0.05) is 18.2 Å². The van der Waals surface area contributed by atoms with Crippen molar-refractivity contribution < 1.29 is 19.4 Å². The van der Waals surface area contributed by atoms with Gasteiger partial charge in [-0.25, -0.2) is 0 Å². The first-order valence-electron chi connectivity index (χ1n) is 6.74. The summed E-state index contributed by atoms with van der Waals surface area (Å²) in [6.07, 6.45) is 1.54. The molecular formula is C15H19NO4. The van der Waals surface area contributed by atoms with Crippen LogP contribution in [0.3, 0.4) is 0 Å². The Bertz CT molecular complexity index is 500. The molecule has 1 aromatic rings. The van der Waals surface area contributed by atoms with Crippen LogP contribution in [-0.4, -0.2) is 42.1 Å². The van der Waals surface area contributed by atoms with Crippen molar-refractivity contribution in [2.75, 3.05) is 20.2 Å². The molecule has 1 aromatic carbocycles. The van der Waals surface area contributed by atoms with Gasteiger partial charge in [0, 0.05) is 19.5 Å². The molecule has 1 N–H and O–H groups in total. The number of likely N-dealkylation sites (tertiary alicyclic amines) is 1. The normalized spacial score (nSPS) is 18.1. The van der Waals surface area contributed by atoms with Gasteiger partial charge < -0.3 is 14.7 Å². The van der Waals surface area contributed by atoms with E-state index < -0.39 is 11.9 Å². The van der Waals surface area contributed by atoms with Crippen molar-refractivity contribution in [3.8, 4) is 5.75 Å². The maximum absolute atomic E-state index is 12.1. The van der Waals surface area contributed by atoms with E-state index in [0.717, 1.165) is 11.3 Å². The molecule has 1 amide bonds. The molecule has 108 valence electrons. The van der Waals surface area contributed by atoms with E-state index in [4.69, 9.17) is 9.84 Å². The van der Waals surface area contributed by atoms with Crippen molar-refractivity contribution in [3.63, 3.8) is 0 Å². The Balaban J connectivity index is 1.88. The number of nitrogens with zero attached hydrogens (tertiary/aromatic N) is 1. The summed E-state index contributed by atoms with van der Waals surface area (Å²) in [5, 5.41) is 8.93. The smallest absolute Gasteiger partial charge is 0.308 e. The number of para-hydroxylation sites is 1. The lowest BCUT2D eigenvalue weighted by atomic mass is 10.1. The lowest BCUT2D eigenvalue weighted by Crippen LogP contribution is -2.30. The quantitative estimate of drug-likeness (QED) is 0.887. The van der Waals surface area contributed by atoms with Crippen LogP contribution < -0.4 is 4.74 Å². The topological polar surface area (TPSA) is 66.8 Å². The van der Waals surface area contributed by atoms with Crippen LogP contribution in [-0.2, 0) is 16.0 Å². The highest BCUT2D eigenvalue weighted by atomic mass is 16.5. The van der Waals surface area contributed by atoms with E-state index in [1.54, 1.807) is 12.0 Å². The van der Waals surface area contributed by atoms with E-state index in [9.17, 15) is 9.59 Å². The number of carbonyl (C=O) groups excluding carboxylic acids is 1. The standard InChI is InChI=1S/C15H19NO4/c1-20-13-5-3-2-4-11(13)6-7-14(17)16-9-8-12(10-16)15(18)19/h2-5,12H,6-10H2,1H3,(H,18,19). The van der Waals surface area contributed by atoms with Crippen molar-refractivity contribution in [1.29, 1.82) is 0 Å². The number of aliphatic carboxylic acids is 1. The lowest BCUT2D eigenvalue weighted by molar-refractivity contribution is -0.141. The van der Waals surface area contributed by atoms with E-state index in [1.165, 1.54) is 0 Å². The number of amides is 1.